The van der Waals surface area contributed by atoms with Gasteiger partial charge in [-0.2, -0.15) is 0 Å². The molecule has 0 fully saturated rings. The lowest BCUT2D eigenvalue weighted by molar-refractivity contribution is 0.441. The Morgan fingerprint density at radius 3 is 2.52 bits per heavy atom. The highest BCUT2D eigenvalue weighted by Gasteiger charge is 2.11. The Morgan fingerprint density at radius 2 is 1.95 bits per heavy atom. The van der Waals surface area contributed by atoms with Crippen LogP contribution in [-0.2, 0) is 6.54 Å². The lowest BCUT2D eigenvalue weighted by Gasteiger charge is -2.16. The molecule has 2 aromatic rings. The van der Waals surface area contributed by atoms with Gasteiger partial charge in [0.1, 0.15) is 11.5 Å². The van der Waals surface area contributed by atoms with Gasteiger partial charge in [0.25, 0.3) is 0 Å². The molecule has 1 atom stereocenters. The Morgan fingerprint density at radius 1 is 1.24 bits per heavy atom. The zero-order valence-electron chi connectivity index (χ0n) is 12.5. The smallest absolute Gasteiger partial charge is 0.191 e. The van der Waals surface area contributed by atoms with Crippen molar-refractivity contribution in [1.82, 2.24) is 10.6 Å². The van der Waals surface area contributed by atoms with Gasteiger partial charge in [0.05, 0.1) is 6.04 Å². The summed E-state index contributed by atoms with van der Waals surface area (Å²) >= 11 is 3.43. The highest BCUT2D eigenvalue weighted by Crippen LogP contribution is 2.15. The van der Waals surface area contributed by atoms with Crippen molar-refractivity contribution in [3.63, 3.8) is 0 Å². The van der Waals surface area contributed by atoms with E-state index in [0.717, 1.165) is 28.5 Å². The van der Waals surface area contributed by atoms with E-state index in [1.54, 1.807) is 7.05 Å². The third-order valence-electron chi connectivity index (χ3n) is 3.14. The summed E-state index contributed by atoms with van der Waals surface area (Å²) in [6.45, 7) is 4.71. The number of nitrogens with one attached hydrogen (secondary N) is 2. The van der Waals surface area contributed by atoms with Gasteiger partial charge in [-0.25, -0.2) is 0 Å². The predicted octanol–water partition coefficient (Wildman–Crippen LogP) is 3.78. The zero-order chi connectivity index (χ0) is 15.2. The van der Waals surface area contributed by atoms with Gasteiger partial charge in [0.15, 0.2) is 5.96 Å². The fraction of sp³-hybridized carbons (Fsp3) is 0.312. The van der Waals surface area contributed by atoms with E-state index in [1.165, 1.54) is 5.56 Å². The molecule has 0 saturated heterocycles. The normalized spacial score (nSPS) is 13.0. The topological polar surface area (TPSA) is 49.6 Å². The third-order valence-corrected chi connectivity index (χ3v) is 3.67. The second-order valence-corrected chi connectivity index (χ2v) is 5.78. The number of guanidine groups is 1. The molecular weight excluding hydrogens is 330 g/mol. The van der Waals surface area contributed by atoms with Crippen molar-refractivity contribution in [3.05, 3.63) is 58.0 Å². The second-order valence-electron chi connectivity index (χ2n) is 4.87. The molecule has 112 valence electrons. The van der Waals surface area contributed by atoms with Crippen molar-refractivity contribution in [2.45, 2.75) is 26.4 Å². The fourth-order valence-corrected chi connectivity index (χ4v) is 2.21. The number of aliphatic imine (C=N–C) groups is 1. The monoisotopic (exact) mass is 349 g/mol. The maximum absolute atomic E-state index is 5.62. The molecule has 0 bridgehead atoms. The van der Waals surface area contributed by atoms with Crippen LogP contribution in [0.25, 0.3) is 0 Å². The standard InChI is InChI=1S/C16H20BrN3O/c1-11-4-9-15(21-11)12(2)20-16(18-3)19-10-13-5-7-14(17)8-6-13/h4-9,12H,10H2,1-3H3,(H2,18,19,20). The van der Waals surface area contributed by atoms with Gasteiger partial charge < -0.3 is 15.1 Å². The second kappa shape index (κ2) is 7.31. The van der Waals surface area contributed by atoms with Crippen LogP contribution in [0.4, 0.5) is 0 Å². The minimum absolute atomic E-state index is 0.0646. The van der Waals surface area contributed by atoms with Gasteiger partial charge in [-0.05, 0) is 43.7 Å². The number of nitrogens with zero attached hydrogens (tertiary/aromatic N) is 1. The van der Waals surface area contributed by atoms with E-state index < -0.39 is 0 Å². The molecule has 1 aromatic heterocycles. The van der Waals surface area contributed by atoms with Gasteiger partial charge in [-0.3, -0.25) is 4.99 Å². The fourth-order valence-electron chi connectivity index (χ4n) is 1.95. The first-order valence-corrected chi connectivity index (χ1v) is 7.65. The Labute approximate surface area is 133 Å². The van der Waals surface area contributed by atoms with E-state index in [4.69, 9.17) is 4.42 Å². The molecule has 21 heavy (non-hydrogen) atoms. The van der Waals surface area contributed by atoms with E-state index in [0.29, 0.717) is 0 Å². The van der Waals surface area contributed by atoms with Crippen LogP contribution in [0.2, 0.25) is 0 Å². The zero-order valence-corrected chi connectivity index (χ0v) is 14.1. The lowest BCUT2D eigenvalue weighted by atomic mass is 10.2. The summed E-state index contributed by atoms with van der Waals surface area (Å²) in [5.74, 6) is 2.56. The van der Waals surface area contributed by atoms with Crippen LogP contribution in [-0.4, -0.2) is 13.0 Å². The van der Waals surface area contributed by atoms with Crippen LogP contribution < -0.4 is 10.6 Å². The van der Waals surface area contributed by atoms with Crippen LogP contribution in [0.15, 0.2) is 50.3 Å². The molecule has 5 heteroatoms. The molecule has 0 aliphatic rings. The molecule has 2 rings (SSSR count). The third kappa shape index (κ3) is 4.63. The number of benzene rings is 1. The van der Waals surface area contributed by atoms with Crippen LogP contribution >= 0.6 is 15.9 Å². The summed E-state index contributed by atoms with van der Waals surface area (Å²) in [4.78, 5) is 4.24. The average molecular weight is 350 g/mol. The Bertz CT molecular complexity index is 604. The molecular formula is C16H20BrN3O. The maximum Gasteiger partial charge on any atom is 0.191 e. The first-order chi connectivity index (χ1) is 10.1. The maximum atomic E-state index is 5.62. The average Bonchev–Trinajstić information content (AvgIpc) is 2.91. The number of aryl methyl sites for hydroxylation is 1. The van der Waals surface area contributed by atoms with E-state index >= 15 is 0 Å². The van der Waals surface area contributed by atoms with Crippen LogP contribution in [0.1, 0.15) is 30.0 Å². The molecule has 1 aromatic carbocycles. The van der Waals surface area contributed by atoms with E-state index in [2.05, 4.69) is 43.7 Å². The summed E-state index contributed by atoms with van der Waals surface area (Å²) < 4.78 is 6.70. The van der Waals surface area contributed by atoms with E-state index in [1.807, 2.05) is 38.1 Å². The molecule has 0 aliphatic heterocycles. The van der Waals surface area contributed by atoms with E-state index in [9.17, 15) is 0 Å². The summed E-state index contributed by atoms with van der Waals surface area (Å²) in [6, 6.07) is 12.2. The molecule has 0 saturated carbocycles. The largest absolute Gasteiger partial charge is 0.464 e. The van der Waals surface area contributed by atoms with Gasteiger partial charge in [-0.1, -0.05) is 28.1 Å². The Balaban J connectivity index is 1.90. The van der Waals surface area contributed by atoms with Crippen molar-refractivity contribution >= 4 is 21.9 Å². The number of hydrogen-bond acceptors (Lipinski definition) is 2. The van der Waals surface area contributed by atoms with Crippen molar-refractivity contribution in [3.8, 4) is 0 Å². The highest BCUT2D eigenvalue weighted by atomic mass is 79.9. The molecule has 0 amide bonds. The number of rotatable bonds is 4. The van der Waals surface area contributed by atoms with Crippen LogP contribution in [0.3, 0.4) is 0 Å². The first kappa shape index (κ1) is 15.6. The van der Waals surface area contributed by atoms with E-state index in [-0.39, 0.29) is 6.04 Å². The lowest BCUT2D eigenvalue weighted by Crippen LogP contribution is -2.38. The number of furan rings is 1. The van der Waals surface area contributed by atoms with Crippen molar-refractivity contribution in [1.29, 1.82) is 0 Å². The number of halogens is 1. The highest BCUT2D eigenvalue weighted by molar-refractivity contribution is 9.10. The summed E-state index contributed by atoms with van der Waals surface area (Å²) in [5.41, 5.74) is 1.20. The SMILES string of the molecule is CN=C(NCc1ccc(Br)cc1)NC(C)c1ccc(C)o1. The molecule has 1 unspecified atom stereocenters. The van der Waals surface area contributed by atoms with Gasteiger partial charge in [-0.15, -0.1) is 0 Å². The minimum atomic E-state index is 0.0646. The van der Waals surface area contributed by atoms with Gasteiger partial charge in [0.2, 0.25) is 0 Å². The molecule has 0 aliphatic carbocycles. The Hall–Kier alpha value is -1.75. The molecule has 1 heterocycles. The van der Waals surface area contributed by atoms with Crippen molar-refractivity contribution in [2.75, 3.05) is 7.05 Å². The summed E-state index contributed by atoms with van der Waals surface area (Å²) in [5, 5.41) is 6.61. The number of hydrogen-bond donors (Lipinski definition) is 2. The minimum Gasteiger partial charge on any atom is -0.464 e. The summed E-state index contributed by atoms with van der Waals surface area (Å²) in [6.07, 6.45) is 0. The van der Waals surface area contributed by atoms with Crippen molar-refractivity contribution in [2.24, 2.45) is 4.99 Å². The van der Waals surface area contributed by atoms with Gasteiger partial charge in [0, 0.05) is 18.1 Å². The van der Waals surface area contributed by atoms with Crippen LogP contribution in [0.5, 0.6) is 0 Å². The molecule has 2 N–H and O–H groups in total. The molecule has 4 nitrogen and oxygen atoms in total. The molecule has 0 radical (unpaired) electrons. The Kier molecular flexibility index (Phi) is 5.44. The first-order valence-electron chi connectivity index (χ1n) is 6.86. The predicted molar refractivity (Wildman–Crippen MR) is 89.3 cm³/mol. The van der Waals surface area contributed by atoms with Crippen molar-refractivity contribution < 1.29 is 4.42 Å². The van der Waals surface area contributed by atoms with Crippen LogP contribution in [0, 0.1) is 6.92 Å². The summed E-state index contributed by atoms with van der Waals surface area (Å²) in [7, 11) is 1.76. The quantitative estimate of drug-likeness (QED) is 0.652. The van der Waals surface area contributed by atoms with Gasteiger partial charge >= 0.3 is 0 Å². The molecule has 0 spiro atoms.